The average molecular weight is 311 g/mol. The van der Waals surface area contributed by atoms with Crippen LogP contribution in [0.4, 0.5) is 11.4 Å². The summed E-state index contributed by atoms with van der Waals surface area (Å²) in [7, 11) is 0. The lowest BCUT2D eigenvalue weighted by Gasteiger charge is -2.05. The molecule has 1 heterocycles. The van der Waals surface area contributed by atoms with Crippen molar-refractivity contribution in [2.24, 2.45) is 0 Å². The van der Waals surface area contributed by atoms with Crippen LogP contribution in [0.3, 0.4) is 0 Å². The summed E-state index contributed by atoms with van der Waals surface area (Å²) in [6.07, 6.45) is 0. The number of hydrogen-bond acceptors (Lipinski definition) is 4. The lowest BCUT2D eigenvalue weighted by atomic mass is 10.0. The molecule has 3 nitrogen and oxygen atoms in total. The van der Waals surface area contributed by atoms with Crippen molar-refractivity contribution in [2.45, 2.75) is 6.92 Å². The maximum Gasteiger partial charge on any atom is 0.196 e. The fourth-order valence-electron chi connectivity index (χ4n) is 1.60. The Balaban J connectivity index is 2.47. The molecule has 0 aliphatic rings. The molecular weight excluding hydrogens is 300 g/mol. The van der Waals surface area contributed by atoms with Crippen LogP contribution in [-0.4, -0.2) is 5.78 Å². The van der Waals surface area contributed by atoms with Gasteiger partial charge in [0.15, 0.2) is 5.78 Å². The molecule has 1 aromatic carbocycles. The van der Waals surface area contributed by atoms with E-state index in [1.165, 1.54) is 11.3 Å². The van der Waals surface area contributed by atoms with Crippen LogP contribution in [0.2, 0.25) is 0 Å². The van der Waals surface area contributed by atoms with Gasteiger partial charge >= 0.3 is 0 Å². The first-order valence-corrected chi connectivity index (χ1v) is 6.55. The zero-order valence-electron chi connectivity index (χ0n) is 9.16. The summed E-state index contributed by atoms with van der Waals surface area (Å²) in [6.45, 7) is 1.91. The van der Waals surface area contributed by atoms with Crippen molar-refractivity contribution in [2.75, 3.05) is 11.5 Å². The Hall–Kier alpha value is -1.33. The molecule has 2 aromatic rings. The van der Waals surface area contributed by atoms with Crippen molar-refractivity contribution in [1.29, 1.82) is 0 Å². The Morgan fingerprint density at radius 3 is 2.47 bits per heavy atom. The van der Waals surface area contributed by atoms with Gasteiger partial charge in [0.05, 0.1) is 3.79 Å². The minimum atomic E-state index is -0.0676. The van der Waals surface area contributed by atoms with Crippen LogP contribution in [0.5, 0.6) is 0 Å². The van der Waals surface area contributed by atoms with Gasteiger partial charge < -0.3 is 11.5 Å². The Kier molecular flexibility index (Phi) is 3.22. The molecule has 0 bridgehead atoms. The van der Waals surface area contributed by atoms with Gasteiger partial charge in [0.1, 0.15) is 0 Å². The van der Waals surface area contributed by atoms with Crippen molar-refractivity contribution >= 4 is 44.4 Å². The molecule has 0 fully saturated rings. The lowest BCUT2D eigenvalue weighted by Crippen LogP contribution is -2.06. The lowest BCUT2D eigenvalue weighted by molar-refractivity contribution is 0.103. The minimum Gasteiger partial charge on any atom is -0.399 e. The van der Waals surface area contributed by atoms with Gasteiger partial charge in [-0.15, -0.1) is 11.3 Å². The quantitative estimate of drug-likeness (QED) is 0.661. The van der Waals surface area contributed by atoms with E-state index in [0.29, 0.717) is 22.5 Å². The molecule has 0 aliphatic carbocycles. The molecular formula is C12H11BrN2OS. The minimum absolute atomic E-state index is 0.0676. The number of carbonyl (C=O) groups is 1. The van der Waals surface area contributed by atoms with Gasteiger partial charge in [-0.3, -0.25) is 4.79 Å². The summed E-state index contributed by atoms with van der Waals surface area (Å²) in [5, 5.41) is 0. The van der Waals surface area contributed by atoms with E-state index >= 15 is 0 Å². The average Bonchev–Trinajstić information content (AvgIpc) is 2.57. The molecule has 4 N–H and O–H groups in total. The first-order chi connectivity index (χ1) is 7.99. The van der Waals surface area contributed by atoms with Gasteiger partial charge in [0, 0.05) is 27.4 Å². The SMILES string of the molecule is Cc1sc(Br)cc1C(=O)c1ccc(N)cc1N. The van der Waals surface area contributed by atoms with Gasteiger partial charge in [-0.2, -0.15) is 0 Å². The second-order valence-corrected chi connectivity index (χ2v) is 6.33. The number of anilines is 2. The topological polar surface area (TPSA) is 69.1 Å². The summed E-state index contributed by atoms with van der Waals surface area (Å²) in [5.41, 5.74) is 13.6. The number of nitrogens with two attached hydrogens (primary N) is 2. The van der Waals surface area contributed by atoms with E-state index in [1.807, 2.05) is 13.0 Å². The summed E-state index contributed by atoms with van der Waals surface area (Å²) in [4.78, 5) is 13.2. The third kappa shape index (κ3) is 2.35. The van der Waals surface area contributed by atoms with Crippen molar-refractivity contribution in [1.82, 2.24) is 0 Å². The molecule has 2 rings (SSSR count). The number of benzene rings is 1. The first kappa shape index (κ1) is 12.1. The predicted octanol–water partition coefficient (Wildman–Crippen LogP) is 3.21. The molecule has 5 heteroatoms. The van der Waals surface area contributed by atoms with Gasteiger partial charge in [0.2, 0.25) is 0 Å². The van der Waals surface area contributed by atoms with Crippen LogP contribution in [0.15, 0.2) is 28.1 Å². The van der Waals surface area contributed by atoms with Crippen molar-refractivity contribution < 1.29 is 4.79 Å². The number of aryl methyl sites for hydroxylation is 1. The highest BCUT2D eigenvalue weighted by molar-refractivity contribution is 9.11. The molecule has 0 radical (unpaired) electrons. The Morgan fingerprint density at radius 1 is 1.24 bits per heavy atom. The third-order valence-corrected chi connectivity index (χ3v) is 4.01. The van der Waals surface area contributed by atoms with Crippen LogP contribution >= 0.6 is 27.3 Å². The van der Waals surface area contributed by atoms with Gasteiger partial charge in [-0.25, -0.2) is 0 Å². The second kappa shape index (κ2) is 4.50. The highest BCUT2D eigenvalue weighted by atomic mass is 79.9. The van der Waals surface area contributed by atoms with Crippen LogP contribution in [0, 0.1) is 6.92 Å². The maximum absolute atomic E-state index is 12.3. The fourth-order valence-corrected chi connectivity index (χ4v) is 3.29. The zero-order chi connectivity index (χ0) is 12.6. The zero-order valence-corrected chi connectivity index (χ0v) is 11.6. The number of rotatable bonds is 2. The van der Waals surface area contributed by atoms with E-state index in [1.54, 1.807) is 18.2 Å². The van der Waals surface area contributed by atoms with Crippen molar-refractivity contribution in [3.63, 3.8) is 0 Å². The molecule has 0 amide bonds. The van der Waals surface area contributed by atoms with E-state index in [0.717, 1.165) is 8.66 Å². The number of hydrogen-bond donors (Lipinski definition) is 2. The van der Waals surface area contributed by atoms with Crippen molar-refractivity contribution in [3.8, 4) is 0 Å². The number of halogens is 1. The fraction of sp³-hybridized carbons (Fsp3) is 0.0833. The van der Waals surface area contributed by atoms with Gasteiger partial charge in [0.25, 0.3) is 0 Å². The van der Waals surface area contributed by atoms with E-state index in [9.17, 15) is 4.79 Å². The van der Waals surface area contributed by atoms with E-state index in [4.69, 9.17) is 11.5 Å². The predicted molar refractivity (Wildman–Crippen MR) is 75.5 cm³/mol. The molecule has 0 unspecified atom stereocenters. The summed E-state index contributed by atoms with van der Waals surface area (Å²) in [5.74, 6) is -0.0676. The van der Waals surface area contributed by atoms with Gasteiger partial charge in [-0.1, -0.05) is 0 Å². The Labute approximate surface area is 112 Å². The first-order valence-electron chi connectivity index (χ1n) is 4.94. The highest BCUT2D eigenvalue weighted by Crippen LogP contribution is 2.29. The molecule has 0 spiro atoms. The molecule has 17 heavy (non-hydrogen) atoms. The standard InChI is InChI=1S/C12H11BrN2OS/c1-6-9(5-11(13)17-6)12(16)8-3-2-7(14)4-10(8)15/h2-5H,14-15H2,1H3. The van der Waals surface area contributed by atoms with Crippen LogP contribution in [-0.2, 0) is 0 Å². The largest absolute Gasteiger partial charge is 0.399 e. The molecule has 0 aliphatic heterocycles. The van der Waals surface area contributed by atoms with E-state index < -0.39 is 0 Å². The Bertz CT molecular complexity index is 592. The van der Waals surface area contributed by atoms with Crippen molar-refractivity contribution in [3.05, 3.63) is 44.1 Å². The van der Waals surface area contributed by atoms with Crippen LogP contribution in [0.1, 0.15) is 20.8 Å². The molecule has 88 valence electrons. The second-order valence-electron chi connectivity index (χ2n) is 3.70. The maximum atomic E-state index is 12.3. The third-order valence-electron chi connectivity index (χ3n) is 2.45. The smallest absolute Gasteiger partial charge is 0.196 e. The Morgan fingerprint density at radius 2 is 1.94 bits per heavy atom. The summed E-state index contributed by atoms with van der Waals surface area (Å²) < 4.78 is 0.937. The van der Waals surface area contributed by atoms with E-state index in [-0.39, 0.29) is 5.78 Å². The normalized spacial score (nSPS) is 10.5. The van der Waals surface area contributed by atoms with Crippen LogP contribution < -0.4 is 11.5 Å². The summed E-state index contributed by atoms with van der Waals surface area (Å²) in [6, 6.07) is 6.76. The number of ketones is 1. The number of thiophene rings is 1. The molecule has 0 saturated carbocycles. The highest BCUT2D eigenvalue weighted by Gasteiger charge is 2.16. The molecule has 1 aromatic heterocycles. The monoisotopic (exact) mass is 310 g/mol. The van der Waals surface area contributed by atoms with Crippen LogP contribution in [0.25, 0.3) is 0 Å². The summed E-state index contributed by atoms with van der Waals surface area (Å²) >= 11 is 4.90. The number of carbonyl (C=O) groups excluding carboxylic acids is 1. The molecule has 0 atom stereocenters. The van der Waals surface area contributed by atoms with Gasteiger partial charge in [-0.05, 0) is 47.1 Å². The number of nitrogen functional groups attached to an aromatic ring is 2. The van der Waals surface area contributed by atoms with E-state index in [2.05, 4.69) is 15.9 Å². The molecule has 0 saturated heterocycles.